The van der Waals surface area contributed by atoms with E-state index in [0.29, 0.717) is 0 Å². The number of fused-ring (bicyclic) bond motifs is 1. The van der Waals surface area contributed by atoms with Crippen LogP contribution in [0.5, 0.6) is 5.75 Å². The van der Waals surface area contributed by atoms with Crippen molar-refractivity contribution in [2.24, 2.45) is 0 Å². The van der Waals surface area contributed by atoms with E-state index in [4.69, 9.17) is 21.2 Å². The third kappa shape index (κ3) is 2.41. The van der Waals surface area contributed by atoms with Gasteiger partial charge in [-0.05, 0) is 32.4 Å². The monoisotopic (exact) mass is 255 g/mol. The van der Waals surface area contributed by atoms with E-state index in [-0.39, 0.29) is 11.6 Å². The Hall–Kier alpha value is -0.770. The maximum absolute atomic E-state index is 6.26. The van der Waals surface area contributed by atoms with Gasteiger partial charge in [-0.15, -0.1) is 0 Å². The van der Waals surface area contributed by atoms with E-state index in [0.717, 1.165) is 28.3 Å². The molecule has 0 saturated carbocycles. The van der Waals surface area contributed by atoms with Gasteiger partial charge in [-0.1, -0.05) is 17.7 Å². The van der Waals surface area contributed by atoms with Crippen molar-refractivity contribution in [2.75, 3.05) is 7.11 Å². The van der Waals surface area contributed by atoms with Crippen molar-refractivity contribution < 1.29 is 9.57 Å². The normalized spacial score (nSPS) is 21.8. The summed E-state index contributed by atoms with van der Waals surface area (Å²) in [5.74, 6) is 0.878. The smallest absolute Gasteiger partial charge is 0.129 e. The molecule has 0 aromatic heterocycles. The van der Waals surface area contributed by atoms with E-state index in [9.17, 15) is 0 Å². The van der Waals surface area contributed by atoms with E-state index in [1.54, 1.807) is 7.11 Å². The van der Waals surface area contributed by atoms with Crippen LogP contribution in [0.4, 0.5) is 0 Å². The summed E-state index contributed by atoms with van der Waals surface area (Å²) in [7, 11) is 1.62. The molecular formula is C13H18ClNO2. The van der Waals surface area contributed by atoms with Gasteiger partial charge >= 0.3 is 0 Å². The molecule has 1 aromatic carbocycles. The van der Waals surface area contributed by atoms with Gasteiger partial charge in [0.25, 0.3) is 0 Å². The summed E-state index contributed by atoms with van der Waals surface area (Å²) in [5, 5.41) is 0.718. The lowest BCUT2D eigenvalue weighted by molar-refractivity contribution is 0.00264. The van der Waals surface area contributed by atoms with Crippen molar-refractivity contribution >= 4 is 11.6 Å². The minimum absolute atomic E-state index is 0.0612. The molecule has 0 amide bonds. The largest absolute Gasteiger partial charge is 0.487 e. The zero-order chi connectivity index (χ0) is 12.6. The number of hydroxylamine groups is 1. The minimum atomic E-state index is -0.224. The Morgan fingerprint density at radius 1 is 1.47 bits per heavy atom. The fourth-order valence-electron chi connectivity index (χ4n) is 2.30. The lowest BCUT2D eigenvalue weighted by atomic mass is 9.89. The molecule has 94 valence electrons. The number of aryl methyl sites for hydroxylation is 1. The highest BCUT2D eigenvalue weighted by Crippen LogP contribution is 2.44. The van der Waals surface area contributed by atoms with E-state index >= 15 is 0 Å². The summed E-state index contributed by atoms with van der Waals surface area (Å²) in [5.41, 5.74) is 4.87. The molecule has 4 heteroatoms. The number of rotatable bonds is 2. The Morgan fingerprint density at radius 2 is 2.18 bits per heavy atom. The van der Waals surface area contributed by atoms with Crippen molar-refractivity contribution in [2.45, 2.75) is 38.8 Å². The summed E-state index contributed by atoms with van der Waals surface area (Å²) in [6.07, 6.45) is 0.816. The second-order valence-electron chi connectivity index (χ2n) is 5.05. The summed E-state index contributed by atoms with van der Waals surface area (Å²) in [4.78, 5) is 5.06. The summed E-state index contributed by atoms with van der Waals surface area (Å²) in [6.45, 7) is 6.17. The van der Waals surface area contributed by atoms with Crippen LogP contribution in [-0.2, 0) is 4.84 Å². The average Bonchev–Trinajstić information content (AvgIpc) is 2.22. The highest BCUT2D eigenvalue weighted by Gasteiger charge is 2.36. The Balaban J connectivity index is 2.52. The molecule has 2 rings (SSSR count). The first-order chi connectivity index (χ1) is 7.94. The molecular weight excluding hydrogens is 238 g/mol. The summed E-state index contributed by atoms with van der Waals surface area (Å²) in [6, 6.07) is 3.94. The Morgan fingerprint density at radius 3 is 2.82 bits per heavy atom. The molecule has 1 unspecified atom stereocenters. The molecule has 1 N–H and O–H groups in total. The number of nitrogens with one attached hydrogen (secondary N) is 1. The van der Waals surface area contributed by atoms with Crippen molar-refractivity contribution in [1.29, 1.82) is 0 Å². The third-order valence-electron chi connectivity index (χ3n) is 3.02. The van der Waals surface area contributed by atoms with Crippen molar-refractivity contribution in [3.8, 4) is 5.75 Å². The maximum Gasteiger partial charge on any atom is 0.129 e. The molecule has 0 radical (unpaired) electrons. The molecule has 0 saturated heterocycles. The molecule has 1 aromatic rings. The molecule has 3 nitrogen and oxygen atoms in total. The lowest BCUT2D eigenvalue weighted by Gasteiger charge is -2.38. The highest BCUT2D eigenvalue weighted by molar-refractivity contribution is 6.31. The molecule has 17 heavy (non-hydrogen) atoms. The molecule has 0 fully saturated rings. The lowest BCUT2D eigenvalue weighted by Crippen LogP contribution is -2.39. The predicted molar refractivity (Wildman–Crippen MR) is 68.4 cm³/mol. The molecule has 0 bridgehead atoms. The van der Waals surface area contributed by atoms with E-state index in [2.05, 4.69) is 19.3 Å². The predicted octanol–water partition coefficient (Wildman–Crippen LogP) is 3.40. The molecule has 1 heterocycles. The number of hydrogen-bond acceptors (Lipinski definition) is 3. The zero-order valence-electron chi connectivity index (χ0n) is 10.6. The quantitative estimate of drug-likeness (QED) is 0.822. The third-order valence-corrected chi connectivity index (χ3v) is 3.35. The van der Waals surface area contributed by atoms with Crippen LogP contribution in [0.25, 0.3) is 0 Å². The van der Waals surface area contributed by atoms with Crippen molar-refractivity contribution in [3.63, 3.8) is 0 Å². The first kappa shape index (κ1) is 12.7. The van der Waals surface area contributed by atoms with Gasteiger partial charge in [0.05, 0.1) is 13.2 Å². The first-order valence-corrected chi connectivity index (χ1v) is 6.09. The van der Waals surface area contributed by atoms with Gasteiger partial charge in [-0.3, -0.25) is 0 Å². The molecule has 0 aliphatic carbocycles. The fraction of sp³-hybridized carbons (Fsp3) is 0.538. The second-order valence-corrected chi connectivity index (χ2v) is 5.45. The van der Waals surface area contributed by atoms with Gasteiger partial charge in [0, 0.05) is 17.0 Å². The van der Waals surface area contributed by atoms with Gasteiger partial charge in [0.15, 0.2) is 0 Å². The van der Waals surface area contributed by atoms with Crippen LogP contribution in [0, 0.1) is 6.92 Å². The number of halogens is 1. The van der Waals surface area contributed by atoms with Crippen LogP contribution in [0.15, 0.2) is 12.1 Å². The second kappa shape index (κ2) is 4.48. The SMILES string of the molecule is CONC1CC(C)(C)Oc2c(C)ccc(Cl)c21. The molecule has 1 aliphatic rings. The number of ether oxygens (including phenoxy) is 1. The number of hydrogen-bond donors (Lipinski definition) is 1. The van der Waals surface area contributed by atoms with Gasteiger partial charge in [-0.2, -0.15) is 5.48 Å². The molecule has 0 spiro atoms. The molecule has 1 atom stereocenters. The standard InChI is InChI=1S/C13H18ClNO2/c1-8-5-6-9(14)11-10(15-16-4)7-13(2,3)17-12(8)11/h5-6,10,15H,7H2,1-4H3. The summed E-state index contributed by atoms with van der Waals surface area (Å²) >= 11 is 6.26. The van der Waals surface area contributed by atoms with Crippen LogP contribution in [-0.4, -0.2) is 12.7 Å². The average molecular weight is 256 g/mol. The first-order valence-electron chi connectivity index (χ1n) is 5.71. The van der Waals surface area contributed by atoms with Gasteiger partial charge in [0.1, 0.15) is 11.4 Å². The fourth-order valence-corrected chi connectivity index (χ4v) is 2.58. The van der Waals surface area contributed by atoms with E-state index in [1.807, 2.05) is 19.1 Å². The van der Waals surface area contributed by atoms with E-state index < -0.39 is 0 Å². The van der Waals surface area contributed by atoms with Gasteiger partial charge in [-0.25, -0.2) is 0 Å². The Kier molecular flexibility index (Phi) is 3.34. The zero-order valence-corrected chi connectivity index (χ0v) is 11.4. The Labute approximate surface area is 107 Å². The number of benzene rings is 1. The highest BCUT2D eigenvalue weighted by atomic mass is 35.5. The van der Waals surface area contributed by atoms with Gasteiger partial charge in [0.2, 0.25) is 0 Å². The maximum atomic E-state index is 6.26. The van der Waals surface area contributed by atoms with Gasteiger partial charge < -0.3 is 9.57 Å². The van der Waals surface area contributed by atoms with Crippen LogP contribution >= 0.6 is 11.6 Å². The van der Waals surface area contributed by atoms with Crippen LogP contribution < -0.4 is 10.2 Å². The summed E-state index contributed by atoms with van der Waals surface area (Å²) < 4.78 is 6.03. The topological polar surface area (TPSA) is 30.5 Å². The Bertz CT molecular complexity index is 432. The van der Waals surface area contributed by atoms with Crippen molar-refractivity contribution in [3.05, 3.63) is 28.3 Å². The van der Waals surface area contributed by atoms with Crippen LogP contribution in [0.2, 0.25) is 5.02 Å². The van der Waals surface area contributed by atoms with E-state index in [1.165, 1.54) is 0 Å². The van der Waals surface area contributed by atoms with Crippen molar-refractivity contribution in [1.82, 2.24) is 5.48 Å². The van der Waals surface area contributed by atoms with Crippen LogP contribution in [0.3, 0.4) is 0 Å². The minimum Gasteiger partial charge on any atom is -0.487 e. The van der Waals surface area contributed by atoms with Crippen LogP contribution in [0.1, 0.15) is 37.4 Å². The molecule has 1 aliphatic heterocycles.